The van der Waals surface area contributed by atoms with E-state index in [1.54, 1.807) is 12.1 Å². The Labute approximate surface area is 118 Å². The first-order valence-corrected chi connectivity index (χ1v) is 6.10. The summed E-state index contributed by atoms with van der Waals surface area (Å²) in [4.78, 5) is 15.1. The summed E-state index contributed by atoms with van der Waals surface area (Å²) in [5.74, 6) is -1.55. The van der Waals surface area contributed by atoms with Crippen molar-refractivity contribution >= 4 is 28.6 Å². The third kappa shape index (κ3) is 2.02. The molecule has 20 heavy (non-hydrogen) atoms. The molecule has 0 spiro atoms. The van der Waals surface area contributed by atoms with Gasteiger partial charge in [-0.25, -0.2) is 14.2 Å². The number of imidazole rings is 1. The van der Waals surface area contributed by atoms with E-state index in [9.17, 15) is 9.18 Å². The van der Waals surface area contributed by atoms with Gasteiger partial charge in [0, 0.05) is 5.02 Å². The second-order valence-corrected chi connectivity index (χ2v) is 4.66. The molecule has 0 bridgehead atoms. The summed E-state index contributed by atoms with van der Waals surface area (Å²) in [7, 11) is 0. The van der Waals surface area contributed by atoms with Crippen molar-refractivity contribution in [2.45, 2.75) is 0 Å². The molecule has 0 unspecified atom stereocenters. The number of aromatic nitrogens is 2. The summed E-state index contributed by atoms with van der Waals surface area (Å²) in [5, 5.41) is 9.31. The van der Waals surface area contributed by atoms with Crippen molar-refractivity contribution in [2.75, 3.05) is 0 Å². The van der Waals surface area contributed by atoms with Gasteiger partial charge in [-0.1, -0.05) is 11.6 Å². The zero-order valence-electron chi connectivity index (χ0n) is 10.0. The van der Waals surface area contributed by atoms with Crippen LogP contribution in [-0.2, 0) is 0 Å². The monoisotopic (exact) mass is 290 g/mol. The van der Waals surface area contributed by atoms with Gasteiger partial charge in [0.25, 0.3) is 0 Å². The Kier molecular flexibility index (Phi) is 2.91. The van der Waals surface area contributed by atoms with Crippen LogP contribution in [0, 0.1) is 5.82 Å². The van der Waals surface area contributed by atoms with Gasteiger partial charge in [-0.3, -0.25) is 4.57 Å². The van der Waals surface area contributed by atoms with Gasteiger partial charge in [-0.15, -0.1) is 0 Å². The van der Waals surface area contributed by atoms with Crippen LogP contribution in [0.4, 0.5) is 4.39 Å². The van der Waals surface area contributed by atoms with Crippen LogP contribution in [-0.4, -0.2) is 20.6 Å². The van der Waals surface area contributed by atoms with Crippen LogP contribution < -0.4 is 0 Å². The van der Waals surface area contributed by atoms with Crippen molar-refractivity contribution in [2.24, 2.45) is 0 Å². The zero-order chi connectivity index (χ0) is 14.3. The van der Waals surface area contributed by atoms with Crippen molar-refractivity contribution in [1.82, 2.24) is 9.55 Å². The second kappa shape index (κ2) is 4.61. The summed E-state index contributed by atoms with van der Waals surface area (Å²) in [6.45, 7) is 0. The average Bonchev–Trinajstić information content (AvgIpc) is 2.81. The SMILES string of the molecule is O=C(O)c1ccc2ncn(-c3ccc(Cl)cc3F)c2c1. The Morgan fingerprint density at radius 3 is 2.75 bits per heavy atom. The van der Waals surface area contributed by atoms with E-state index in [0.717, 1.165) is 0 Å². The molecule has 0 aliphatic rings. The van der Waals surface area contributed by atoms with Crippen molar-refractivity contribution < 1.29 is 14.3 Å². The Morgan fingerprint density at radius 1 is 1.25 bits per heavy atom. The fourth-order valence-corrected chi connectivity index (χ4v) is 2.17. The molecule has 100 valence electrons. The van der Waals surface area contributed by atoms with Gasteiger partial charge in [0.15, 0.2) is 0 Å². The first-order chi connectivity index (χ1) is 9.56. The minimum absolute atomic E-state index is 0.119. The number of hydrogen-bond donors (Lipinski definition) is 1. The van der Waals surface area contributed by atoms with Crippen LogP contribution in [0.2, 0.25) is 5.02 Å². The third-order valence-electron chi connectivity index (χ3n) is 2.96. The highest BCUT2D eigenvalue weighted by atomic mass is 35.5. The van der Waals surface area contributed by atoms with Crippen LogP contribution in [0.1, 0.15) is 10.4 Å². The van der Waals surface area contributed by atoms with Crippen LogP contribution in [0.3, 0.4) is 0 Å². The van der Waals surface area contributed by atoms with Crippen molar-refractivity contribution in [3.8, 4) is 5.69 Å². The molecule has 0 aliphatic heterocycles. The third-order valence-corrected chi connectivity index (χ3v) is 3.20. The van der Waals surface area contributed by atoms with Gasteiger partial charge in [0.1, 0.15) is 12.1 Å². The maximum Gasteiger partial charge on any atom is 0.335 e. The summed E-state index contributed by atoms with van der Waals surface area (Å²) < 4.78 is 15.4. The van der Waals surface area contributed by atoms with E-state index in [4.69, 9.17) is 16.7 Å². The predicted molar refractivity (Wildman–Crippen MR) is 73.0 cm³/mol. The first-order valence-electron chi connectivity index (χ1n) is 5.72. The van der Waals surface area contributed by atoms with Gasteiger partial charge in [-0.2, -0.15) is 0 Å². The highest BCUT2D eigenvalue weighted by Gasteiger charge is 2.12. The number of benzene rings is 2. The summed E-state index contributed by atoms with van der Waals surface area (Å²) in [5.41, 5.74) is 1.49. The molecule has 3 aromatic rings. The maximum absolute atomic E-state index is 14.0. The molecule has 0 saturated heterocycles. The Morgan fingerprint density at radius 2 is 2.05 bits per heavy atom. The molecule has 0 atom stereocenters. The molecule has 6 heteroatoms. The minimum atomic E-state index is -1.05. The highest BCUT2D eigenvalue weighted by Crippen LogP contribution is 2.23. The molecule has 2 aromatic carbocycles. The fraction of sp³-hybridized carbons (Fsp3) is 0. The fourth-order valence-electron chi connectivity index (χ4n) is 2.01. The van der Waals surface area contributed by atoms with Crippen LogP contribution >= 0.6 is 11.6 Å². The molecule has 4 nitrogen and oxygen atoms in total. The molecule has 3 rings (SSSR count). The largest absolute Gasteiger partial charge is 0.478 e. The van der Waals surface area contributed by atoms with Gasteiger partial charge in [-0.05, 0) is 36.4 Å². The molecule has 1 N–H and O–H groups in total. The quantitative estimate of drug-likeness (QED) is 0.785. The van der Waals surface area contributed by atoms with Gasteiger partial charge in [0.2, 0.25) is 0 Å². The lowest BCUT2D eigenvalue weighted by molar-refractivity contribution is 0.0697. The topological polar surface area (TPSA) is 55.1 Å². The molecule has 0 amide bonds. The van der Waals surface area contributed by atoms with E-state index >= 15 is 0 Å². The predicted octanol–water partition coefficient (Wildman–Crippen LogP) is 3.52. The standard InChI is InChI=1S/C14H8ClFN2O2/c15-9-2-4-12(10(16)6-9)18-7-17-11-3-1-8(14(19)20)5-13(11)18/h1-7H,(H,19,20). The zero-order valence-corrected chi connectivity index (χ0v) is 10.8. The maximum atomic E-state index is 14.0. The van der Waals surface area contributed by atoms with Gasteiger partial charge in [0.05, 0.1) is 22.3 Å². The number of fused-ring (bicyclic) bond motifs is 1. The van der Waals surface area contributed by atoms with Crippen molar-refractivity contribution in [3.63, 3.8) is 0 Å². The van der Waals surface area contributed by atoms with E-state index in [-0.39, 0.29) is 11.3 Å². The Balaban J connectivity index is 2.25. The van der Waals surface area contributed by atoms with Crippen LogP contribution in [0.5, 0.6) is 0 Å². The number of carbonyl (C=O) groups is 1. The van der Waals surface area contributed by atoms with Crippen molar-refractivity contribution in [3.05, 3.63) is 59.1 Å². The molecule has 0 radical (unpaired) electrons. The molecule has 0 fully saturated rings. The summed E-state index contributed by atoms with van der Waals surface area (Å²) in [6, 6.07) is 8.78. The minimum Gasteiger partial charge on any atom is -0.478 e. The number of carboxylic acids is 1. The summed E-state index contributed by atoms with van der Waals surface area (Å²) >= 11 is 5.72. The molecule has 0 saturated carbocycles. The Hall–Kier alpha value is -2.40. The molecular weight excluding hydrogens is 283 g/mol. The lowest BCUT2D eigenvalue weighted by atomic mass is 10.2. The molecule has 0 aliphatic carbocycles. The first kappa shape index (κ1) is 12.6. The average molecular weight is 291 g/mol. The van der Waals surface area contributed by atoms with E-state index in [0.29, 0.717) is 16.1 Å². The van der Waals surface area contributed by atoms with E-state index < -0.39 is 11.8 Å². The smallest absolute Gasteiger partial charge is 0.335 e. The van der Waals surface area contributed by atoms with Crippen LogP contribution in [0.25, 0.3) is 16.7 Å². The number of aromatic carboxylic acids is 1. The normalized spacial score (nSPS) is 10.9. The lowest BCUT2D eigenvalue weighted by Gasteiger charge is -2.06. The Bertz CT molecular complexity index is 829. The lowest BCUT2D eigenvalue weighted by Crippen LogP contribution is -1.99. The molecule has 1 heterocycles. The van der Waals surface area contributed by atoms with Gasteiger partial charge >= 0.3 is 5.97 Å². The number of rotatable bonds is 2. The number of nitrogens with zero attached hydrogens (tertiary/aromatic N) is 2. The van der Waals surface area contributed by atoms with Gasteiger partial charge < -0.3 is 5.11 Å². The van der Waals surface area contributed by atoms with Crippen LogP contribution in [0.15, 0.2) is 42.7 Å². The van der Waals surface area contributed by atoms with E-state index in [1.807, 2.05) is 0 Å². The number of hydrogen-bond acceptors (Lipinski definition) is 2. The molecular formula is C14H8ClFN2O2. The van der Waals surface area contributed by atoms with E-state index in [1.165, 1.54) is 35.2 Å². The molecule has 1 aromatic heterocycles. The van der Waals surface area contributed by atoms with E-state index in [2.05, 4.69) is 4.98 Å². The number of halogens is 2. The van der Waals surface area contributed by atoms with Crippen molar-refractivity contribution in [1.29, 1.82) is 0 Å². The number of carboxylic acid groups (broad SMARTS) is 1. The second-order valence-electron chi connectivity index (χ2n) is 4.22. The highest BCUT2D eigenvalue weighted by molar-refractivity contribution is 6.30. The summed E-state index contributed by atoms with van der Waals surface area (Å²) in [6.07, 6.45) is 1.45.